The molecule has 0 radical (unpaired) electrons. The van der Waals surface area contributed by atoms with Gasteiger partial charge in [0.15, 0.2) is 0 Å². The number of benzene rings is 1. The van der Waals surface area contributed by atoms with Gasteiger partial charge >= 0.3 is 6.03 Å². The largest absolute Gasteiger partial charge is 0.495 e. The molecular weight excluding hydrogens is 370 g/mol. The Kier molecular flexibility index (Phi) is 7.59. The van der Waals surface area contributed by atoms with Gasteiger partial charge in [-0.1, -0.05) is 11.6 Å². The SMILES string of the molecule is CCN(CC)C(=O)N1CCC(C(=O)Nc2cc(OC)c(Cl)cc2OC)CC1. The fourth-order valence-electron chi connectivity index (χ4n) is 3.22. The van der Waals surface area contributed by atoms with E-state index in [-0.39, 0.29) is 17.9 Å². The van der Waals surface area contributed by atoms with Crippen molar-refractivity contribution in [1.82, 2.24) is 9.80 Å². The Morgan fingerprint density at radius 3 is 2.26 bits per heavy atom. The smallest absolute Gasteiger partial charge is 0.319 e. The highest BCUT2D eigenvalue weighted by Crippen LogP contribution is 2.36. The lowest BCUT2D eigenvalue weighted by molar-refractivity contribution is -0.121. The van der Waals surface area contributed by atoms with Crippen molar-refractivity contribution in [3.63, 3.8) is 0 Å². The molecule has 1 aromatic carbocycles. The predicted octanol–water partition coefficient (Wildman–Crippen LogP) is 3.47. The van der Waals surface area contributed by atoms with E-state index in [4.69, 9.17) is 21.1 Å². The summed E-state index contributed by atoms with van der Waals surface area (Å²) < 4.78 is 10.5. The van der Waals surface area contributed by atoms with E-state index < -0.39 is 0 Å². The van der Waals surface area contributed by atoms with Crippen LogP contribution in [-0.2, 0) is 4.79 Å². The molecule has 27 heavy (non-hydrogen) atoms. The summed E-state index contributed by atoms with van der Waals surface area (Å²) in [4.78, 5) is 28.7. The van der Waals surface area contributed by atoms with E-state index in [1.165, 1.54) is 14.2 Å². The van der Waals surface area contributed by atoms with Crippen LogP contribution >= 0.6 is 11.6 Å². The Morgan fingerprint density at radius 2 is 1.74 bits per heavy atom. The Bertz CT molecular complexity index is 671. The number of hydrogen-bond donors (Lipinski definition) is 1. The molecule has 8 heteroatoms. The number of carbonyl (C=O) groups is 2. The van der Waals surface area contributed by atoms with Crippen molar-refractivity contribution < 1.29 is 19.1 Å². The van der Waals surface area contributed by atoms with E-state index in [1.54, 1.807) is 17.0 Å². The number of piperidine rings is 1. The summed E-state index contributed by atoms with van der Waals surface area (Å²) in [5, 5.41) is 3.32. The number of urea groups is 1. The highest BCUT2D eigenvalue weighted by atomic mass is 35.5. The predicted molar refractivity (Wildman–Crippen MR) is 106 cm³/mol. The molecule has 0 spiro atoms. The minimum atomic E-state index is -0.155. The molecule has 0 bridgehead atoms. The highest BCUT2D eigenvalue weighted by Gasteiger charge is 2.29. The lowest BCUT2D eigenvalue weighted by Gasteiger charge is -2.34. The molecule has 1 fully saturated rings. The van der Waals surface area contributed by atoms with Crippen LogP contribution in [0.5, 0.6) is 11.5 Å². The first-order valence-electron chi connectivity index (χ1n) is 9.21. The van der Waals surface area contributed by atoms with Crippen LogP contribution in [0.3, 0.4) is 0 Å². The van der Waals surface area contributed by atoms with Crippen LogP contribution < -0.4 is 14.8 Å². The van der Waals surface area contributed by atoms with Gasteiger partial charge in [0.25, 0.3) is 0 Å². The molecule has 0 saturated carbocycles. The van der Waals surface area contributed by atoms with Crippen molar-refractivity contribution in [2.75, 3.05) is 45.7 Å². The monoisotopic (exact) mass is 397 g/mol. The fourth-order valence-corrected chi connectivity index (χ4v) is 3.45. The highest BCUT2D eigenvalue weighted by molar-refractivity contribution is 6.32. The van der Waals surface area contributed by atoms with Gasteiger partial charge in [-0.3, -0.25) is 4.79 Å². The standard InChI is InChI=1S/C19H28ClN3O4/c1-5-22(6-2)19(25)23-9-7-13(8-10-23)18(24)21-15-12-16(26-3)14(20)11-17(15)27-4/h11-13H,5-10H2,1-4H3,(H,21,24). The zero-order valence-corrected chi connectivity index (χ0v) is 17.1. The summed E-state index contributed by atoms with van der Waals surface area (Å²) in [7, 11) is 3.03. The third-order valence-electron chi connectivity index (χ3n) is 4.90. The summed E-state index contributed by atoms with van der Waals surface area (Å²) in [6.45, 7) is 6.47. The van der Waals surface area contributed by atoms with Gasteiger partial charge in [0.1, 0.15) is 11.5 Å². The van der Waals surface area contributed by atoms with Gasteiger partial charge in [0, 0.05) is 44.2 Å². The lowest BCUT2D eigenvalue weighted by Crippen LogP contribution is -2.47. The van der Waals surface area contributed by atoms with E-state index in [0.717, 1.165) is 0 Å². The maximum absolute atomic E-state index is 12.7. The number of halogens is 1. The Labute approximate surface area is 165 Å². The molecule has 2 rings (SSSR count). The molecule has 1 heterocycles. The molecular formula is C19H28ClN3O4. The number of carbonyl (C=O) groups excluding carboxylic acids is 2. The second-order valence-corrected chi connectivity index (χ2v) is 6.80. The zero-order valence-electron chi connectivity index (χ0n) is 16.4. The van der Waals surface area contributed by atoms with Crippen molar-refractivity contribution in [1.29, 1.82) is 0 Å². The van der Waals surface area contributed by atoms with Crippen LogP contribution in [0.25, 0.3) is 0 Å². The molecule has 1 aliphatic heterocycles. The second-order valence-electron chi connectivity index (χ2n) is 6.39. The molecule has 3 amide bonds. The van der Waals surface area contributed by atoms with Gasteiger partial charge in [0.05, 0.1) is 24.9 Å². The summed E-state index contributed by atoms with van der Waals surface area (Å²) >= 11 is 6.10. The van der Waals surface area contributed by atoms with Crippen LogP contribution in [0.2, 0.25) is 5.02 Å². The third-order valence-corrected chi connectivity index (χ3v) is 5.20. The molecule has 1 N–H and O–H groups in total. The molecule has 1 aromatic rings. The third kappa shape index (κ3) is 4.97. The Morgan fingerprint density at radius 1 is 1.15 bits per heavy atom. The van der Waals surface area contributed by atoms with E-state index in [9.17, 15) is 9.59 Å². The summed E-state index contributed by atoms with van der Waals surface area (Å²) in [5.74, 6) is 0.695. The number of nitrogens with one attached hydrogen (secondary N) is 1. The van der Waals surface area contributed by atoms with Crippen LogP contribution in [0.4, 0.5) is 10.5 Å². The number of anilines is 1. The number of hydrogen-bond acceptors (Lipinski definition) is 4. The number of likely N-dealkylation sites (tertiary alicyclic amines) is 1. The fraction of sp³-hybridized carbons (Fsp3) is 0.579. The van der Waals surface area contributed by atoms with E-state index in [0.29, 0.717) is 61.2 Å². The molecule has 1 saturated heterocycles. The average molecular weight is 398 g/mol. The van der Waals surface area contributed by atoms with Crippen molar-refractivity contribution in [2.45, 2.75) is 26.7 Å². The molecule has 0 atom stereocenters. The summed E-state index contributed by atoms with van der Waals surface area (Å²) in [5.41, 5.74) is 0.519. The zero-order chi connectivity index (χ0) is 20.0. The summed E-state index contributed by atoms with van der Waals surface area (Å²) in [6, 6.07) is 3.31. The average Bonchev–Trinajstić information content (AvgIpc) is 2.69. The minimum absolute atomic E-state index is 0.0444. The first-order chi connectivity index (χ1) is 12.9. The molecule has 7 nitrogen and oxygen atoms in total. The van der Waals surface area contributed by atoms with Crippen LogP contribution in [0.1, 0.15) is 26.7 Å². The van der Waals surface area contributed by atoms with E-state index in [2.05, 4.69) is 5.32 Å². The van der Waals surface area contributed by atoms with Crippen molar-refractivity contribution in [3.8, 4) is 11.5 Å². The van der Waals surface area contributed by atoms with Gasteiger partial charge < -0.3 is 24.6 Å². The van der Waals surface area contributed by atoms with Crippen molar-refractivity contribution in [2.24, 2.45) is 5.92 Å². The number of amides is 3. The molecule has 0 unspecified atom stereocenters. The minimum Gasteiger partial charge on any atom is -0.495 e. The number of nitrogens with zero attached hydrogens (tertiary/aromatic N) is 2. The number of rotatable bonds is 6. The Hall–Kier alpha value is -2.15. The first kappa shape index (κ1) is 21.2. The quantitative estimate of drug-likeness (QED) is 0.797. The van der Waals surface area contributed by atoms with Gasteiger partial charge in [-0.05, 0) is 26.7 Å². The van der Waals surface area contributed by atoms with Gasteiger partial charge in [-0.2, -0.15) is 0 Å². The van der Waals surface area contributed by atoms with Crippen molar-refractivity contribution in [3.05, 3.63) is 17.2 Å². The topological polar surface area (TPSA) is 71.1 Å². The van der Waals surface area contributed by atoms with Gasteiger partial charge in [-0.15, -0.1) is 0 Å². The van der Waals surface area contributed by atoms with Gasteiger partial charge in [-0.25, -0.2) is 4.79 Å². The molecule has 150 valence electrons. The lowest BCUT2D eigenvalue weighted by atomic mass is 9.96. The normalized spacial score (nSPS) is 14.6. The second kappa shape index (κ2) is 9.69. The maximum atomic E-state index is 12.7. The van der Waals surface area contributed by atoms with Crippen LogP contribution in [-0.4, -0.2) is 62.1 Å². The Balaban J connectivity index is 2.00. The molecule has 0 aliphatic carbocycles. The van der Waals surface area contributed by atoms with Gasteiger partial charge in [0.2, 0.25) is 5.91 Å². The summed E-state index contributed by atoms with van der Waals surface area (Å²) in [6.07, 6.45) is 1.26. The number of methoxy groups -OCH3 is 2. The first-order valence-corrected chi connectivity index (χ1v) is 9.59. The molecule has 0 aromatic heterocycles. The van der Waals surface area contributed by atoms with E-state index in [1.807, 2.05) is 18.7 Å². The maximum Gasteiger partial charge on any atom is 0.319 e. The van der Waals surface area contributed by atoms with Crippen LogP contribution in [0.15, 0.2) is 12.1 Å². The van der Waals surface area contributed by atoms with E-state index >= 15 is 0 Å². The molecule has 1 aliphatic rings. The van der Waals surface area contributed by atoms with Crippen molar-refractivity contribution >= 4 is 29.2 Å². The van der Waals surface area contributed by atoms with Crippen LogP contribution in [0, 0.1) is 5.92 Å². The number of ether oxygens (including phenoxy) is 2.